The van der Waals surface area contributed by atoms with Crippen LogP contribution in [0.15, 0.2) is 79.0 Å². The van der Waals surface area contributed by atoms with Crippen LogP contribution in [0.25, 0.3) is 27.9 Å². The van der Waals surface area contributed by atoms with Gasteiger partial charge in [-0.15, -0.1) is 10.2 Å². The first-order valence-electron chi connectivity index (χ1n) is 8.73. The van der Waals surface area contributed by atoms with Crippen LogP contribution in [0, 0.1) is 0 Å². The van der Waals surface area contributed by atoms with Crippen molar-refractivity contribution in [2.45, 2.75) is 6.54 Å². The first-order chi connectivity index (χ1) is 13.4. The van der Waals surface area contributed by atoms with Gasteiger partial charge in [-0.25, -0.2) is 9.97 Å². The van der Waals surface area contributed by atoms with Crippen molar-refractivity contribution in [2.24, 2.45) is 0 Å². The zero-order chi connectivity index (χ0) is 18.1. The number of hydrogen-bond acceptors (Lipinski definition) is 5. The van der Waals surface area contributed by atoms with E-state index in [1.807, 2.05) is 83.4 Å². The molecule has 0 saturated heterocycles. The number of fused-ring (bicyclic) bond motifs is 2. The van der Waals surface area contributed by atoms with E-state index in [1.54, 1.807) is 0 Å². The molecule has 0 saturated carbocycles. The molecular weight excluding hydrogens is 336 g/mol. The second kappa shape index (κ2) is 6.49. The van der Waals surface area contributed by atoms with Crippen molar-refractivity contribution in [1.82, 2.24) is 24.6 Å². The molecule has 6 nitrogen and oxygen atoms in total. The van der Waals surface area contributed by atoms with E-state index in [2.05, 4.69) is 15.5 Å². The van der Waals surface area contributed by atoms with Crippen molar-refractivity contribution in [3.05, 3.63) is 84.8 Å². The van der Waals surface area contributed by atoms with Crippen LogP contribution in [0.2, 0.25) is 0 Å². The molecule has 6 heteroatoms. The van der Waals surface area contributed by atoms with Crippen LogP contribution in [0.3, 0.4) is 0 Å². The number of nitrogens with zero attached hydrogens (tertiary/aromatic N) is 5. The molecule has 3 aromatic heterocycles. The van der Waals surface area contributed by atoms with Gasteiger partial charge in [-0.2, -0.15) is 0 Å². The maximum atomic E-state index is 4.77. The minimum Gasteiger partial charge on any atom is -0.362 e. The summed E-state index contributed by atoms with van der Waals surface area (Å²) >= 11 is 0. The lowest BCUT2D eigenvalue weighted by molar-refractivity contribution is 0.913. The zero-order valence-electron chi connectivity index (χ0n) is 14.4. The van der Waals surface area contributed by atoms with E-state index < -0.39 is 0 Å². The van der Waals surface area contributed by atoms with Gasteiger partial charge in [-0.05, 0) is 24.3 Å². The molecule has 0 amide bonds. The van der Waals surface area contributed by atoms with Crippen LogP contribution >= 0.6 is 0 Å². The van der Waals surface area contributed by atoms with Crippen molar-refractivity contribution < 1.29 is 0 Å². The summed E-state index contributed by atoms with van der Waals surface area (Å²) in [6.07, 6.45) is 1.96. The van der Waals surface area contributed by atoms with Crippen LogP contribution in [-0.4, -0.2) is 24.6 Å². The number of rotatable bonds is 4. The molecule has 0 atom stereocenters. The SMILES string of the molecule is c1ccc(-c2nc(NCc3nnc4ccccn34)c3ccccc3n2)cc1. The van der Waals surface area contributed by atoms with Gasteiger partial charge in [0.05, 0.1) is 12.1 Å². The topological polar surface area (TPSA) is 68.0 Å². The second-order valence-corrected chi connectivity index (χ2v) is 6.18. The number of benzene rings is 2. The highest BCUT2D eigenvalue weighted by Gasteiger charge is 2.10. The minimum absolute atomic E-state index is 0.514. The molecule has 0 aliphatic carbocycles. The van der Waals surface area contributed by atoms with Gasteiger partial charge in [0.1, 0.15) is 5.82 Å². The van der Waals surface area contributed by atoms with Crippen molar-refractivity contribution in [3.8, 4) is 11.4 Å². The van der Waals surface area contributed by atoms with E-state index in [-0.39, 0.29) is 0 Å². The summed E-state index contributed by atoms with van der Waals surface area (Å²) in [5.74, 6) is 2.31. The molecule has 3 heterocycles. The molecular formula is C21H16N6. The quantitative estimate of drug-likeness (QED) is 0.530. The summed E-state index contributed by atoms with van der Waals surface area (Å²) in [5, 5.41) is 12.9. The normalized spacial score (nSPS) is 11.1. The fraction of sp³-hybridized carbons (Fsp3) is 0.0476. The predicted molar refractivity (Wildman–Crippen MR) is 105 cm³/mol. The summed E-state index contributed by atoms with van der Waals surface area (Å²) < 4.78 is 1.97. The van der Waals surface area contributed by atoms with Gasteiger partial charge < -0.3 is 5.32 Å². The average Bonchev–Trinajstić information content (AvgIpc) is 3.15. The first kappa shape index (κ1) is 15.5. The van der Waals surface area contributed by atoms with Gasteiger partial charge in [-0.1, -0.05) is 48.5 Å². The number of aromatic nitrogens is 5. The number of anilines is 1. The van der Waals surface area contributed by atoms with Crippen LogP contribution in [0.5, 0.6) is 0 Å². The van der Waals surface area contributed by atoms with E-state index in [9.17, 15) is 0 Å². The molecule has 5 rings (SSSR count). The molecule has 0 aliphatic rings. The maximum Gasteiger partial charge on any atom is 0.162 e. The monoisotopic (exact) mass is 352 g/mol. The Balaban J connectivity index is 1.55. The lowest BCUT2D eigenvalue weighted by atomic mass is 10.2. The van der Waals surface area contributed by atoms with Crippen LogP contribution in [0.1, 0.15) is 5.82 Å². The largest absolute Gasteiger partial charge is 0.362 e. The summed E-state index contributed by atoms with van der Waals surface area (Å²) in [6.45, 7) is 0.514. The van der Waals surface area contributed by atoms with Gasteiger partial charge in [0.25, 0.3) is 0 Å². The molecule has 5 aromatic rings. The summed E-state index contributed by atoms with van der Waals surface area (Å²) in [4.78, 5) is 9.49. The Kier molecular flexibility index (Phi) is 3.72. The Morgan fingerprint density at radius 1 is 0.778 bits per heavy atom. The first-order valence-corrected chi connectivity index (χ1v) is 8.73. The van der Waals surface area contributed by atoms with Crippen LogP contribution < -0.4 is 5.32 Å². The molecule has 0 aliphatic heterocycles. The lowest BCUT2D eigenvalue weighted by Gasteiger charge is -2.10. The van der Waals surface area contributed by atoms with Crippen molar-refractivity contribution in [2.75, 3.05) is 5.32 Å². The van der Waals surface area contributed by atoms with Crippen molar-refractivity contribution in [3.63, 3.8) is 0 Å². The zero-order valence-corrected chi connectivity index (χ0v) is 14.4. The van der Waals surface area contributed by atoms with E-state index in [0.29, 0.717) is 12.4 Å². The predicted octanol–water partition coefficient (Wildman–Crippen LogP) is 3.95. The van der Waals surface area contributed by atoms with E-state index in [4.69, 9.17) is 9.97 Å². The Morgan fingerprint density at radius 3 is 2.52 bits per heavy atom. The Labute approximate surface area is 155 Å². The van der Waals surface area contributed by atoms with E-state index in [1.165, 1.54) is 0 Å². The number of pyridine rings is 1. The van der Waals surface area contributed by atoms with Gasteiger partial charge >= 0.3 is 0 Å². The summed E-state index contributed by atoms with van der Waals surface area (Å²) in [5.41, 5.74) is 2.71. The maximum absolute atomic E-state index is 4.77. The summed E-state index contributed by atoms with van der Waals surface area (Å²) in [6, 6.07) is 23.8. The van der Waals surface area contributed by atoms with Crippen LogP contribution in [-0.2, 0) is 6.54 Å². The highest BCUT2D eigenvalue weighted by Crippen LogP contribution is 2.25. The third-order valence-corrected chi connectivity index (χ3v) is 4.43. The minimum atomic E-state index is 0.514. The van der Waals surface area contributed by atoms with Gasteiger partial charge in [0.15, 0.2) is 17.3 Å². The number of hydrogen-bond donors (Lipinski definition) is 1. The Morgan fingerprint density at radius 2 is 1.59 bits per heavy atom. The standard InChI is InChI=1S/C21H16N6/c1-2-8-15(9-3-1)20-23-17-11-5-4-10-16(17)21(24-20)22-14-19-26-25-18-12-6-7-13-27(18)19/h1-13H,14H2,(H,22,23,24). The fourth-order valence-electron chi connectivity index (χ4n) is 3.10. The van der Waals surface area contributed by atoms with Crippen molar-refractivity contribution in [1.29, 1.82) is 0 Å². The highest BCUT2D eigenvalue weighted by atomic mass is 15.3. The number of nitrogens with one attached hydrogen (secondary N) is 1. The van der Waals surface area contributed by atoms with E-state index >= 15 is 0 Å². The molecule has 130 valence electrons. The average molecular weight is 352 g/mol. The van der Waals surface area contributed by atoms with Gasteiger partial charge in [0.2, 0.25) is 0 Å². The molecule has 0 fully saturated rings. The molecule has 0 unspecified atom stereocenters. The highest BCUT2D eigenvalue weighted by molar-refractivity contribution is 5.90. The second-order valence-electron chi connectivity index (χ2n) is 6.18. The fourth-order valence-corrected chi connectivity index (χ4v) is 3.10. The van der Waals surface area contributed by atoms with E-state index in [0.717, 1.165) is 33.8 Å². The lowest BCUT2D eigenvalue weighted by Crippen LogP contribution is -2.07. The van der Waals surface area contributed by atoms with Gasteiger partial charge in [0, 0.05) is 17.1 Å². The third-order valence-electron chi connectivity index (χ3n) is 4.43. The molecule has 27 heavy (non-hydrogen) atoms. The smallest absolute Gasteiger partial charge is 0.162 e. The summed E-state index contributed by atoms with van der Waals surface area (Å²) in [7, 11) is 0. The molecule has 0 radical (unpaired) electrons. The molecule has 2 aromatic carbocycles. The Hall–Kier alpha value is -3.80. The van der Waals surface area contributed by atoms with Crippen LogP contribution in [0.4, 0.5) is 5.82 Å². The van der Waals surface area contributed by atoms with Crippen molar-refractivity contribution >= 4 is 22.4 Å². The van der Waals surface area contributed by atoms with Gasteiger partial charge in [-0.3, -0.25) is 4.40 Å². The molecule has 0 bridgehead atoms. The molecule has 1 N–H and O–H groups in total. The molecule has 0 spiro atoms. The Bertz CT molecular complexity index is 1230. The number of para-hydroxylation sites is 1. The third kappa shape index (κ3) is 2.87.